The van der Waals surface area contributed by atoms with Gasteiger partial charge in [0.2, 0.25) is 0 Å². The Hall–Kier alpha value is -0.216. The minimum atomic E-state index is -2.89. The monoisotopic (exact) mass is 448 g/mol. The predicted octanol–water partition coefficient (Wildman–Crippen LogP) is 6.56. The van der Waals surface area contributed by atoms with E-state index in [0.717, 1.165) is 19.3 Å². The molecule has 29 heavy (non-hydrogen) atoms. The van der Waals surface area contributed by atoms with E-state index >= 15 is 0 Å². The first kappa shape index (κ1) is 28.8. The van der Waals surface area contributed by atoms with Crippen LogP contribution in [0.15, 0.2) is 0 Å². The summed E-state index contributed by atoms with van der Waals surface area (Å²) in [6.45, 7) is 22.8. The van der Waals surface area contributed by atoms with E-state index in [4.69, 9.17) is 17.7 Å². The number of hydrogen-bond donors (Lipinski definition) is 0. The van der Waals surface area contributed by atoms with Crippen molar-refractivity contribution in [1.82, 2.24) is 0 Å². The van der Waals surface area contributed by atoms with E-state index in [1.54, 1.807) is 0 Å². The van der Waals surface area contributed by atoms with Crippen LogP contribution in [0.1, 0.15) is 88.5 Å². The SMILES string of the molecule is CCO[Si](CC(C)C(=O)O[Si](C(C)CC)(C(C)CC)C(C)CC)(OCC)OCC. The second kappa shape index (κ2) is 14.0. The fourth-order valence-corrected chi connectivity index (χ4v) is 13.2. The van der Waals surface area contributed by atoms with E-state index in [-0.39, 0.29) is 11.9 Å². The molecular weight excluding hydrogens is 400 g/mol. The molecule has 0 aromatic heterocycles. The Bertz CT molecular complexity index is 417. The van der Waals surface area contributed by atoms with E-state index < -0.39 is 17.1 Å². The molecule has 4 unspecified atom stereocenters. The van der Waals surface area contributed by atoms with Gasteiger partial charge in [0.1, 0.15) is 0 Å². The summed E-state index contributed by atoms with van der Waals surface area (Å²) in [4.78, 5) is 13.4. The largest absolute Gasteiger partial charge is 0.518 e. The van der Waals surface area contributed by atoms with Gasteiger partial charge in [-0.3, -0.25) is 4.79 Å². The zero-order valence-electron chi connectivity index (χ0n) is 20.8. The van der Waals surface area contributed by atoms with Crippen LogP contribution < -0.4 is 0 Å². The molecule has 0 heterocycles. The molecule has 0 radical (unpaired) electrons. The molecule has 0 fully saturated rings. The normalized spacial score (nSPS) is 18.6. The Morgan fingerprint density at radius 3 is 1.31 bits per heavy atom. The van der Waals surface area contributed by atoms with Gasteiger partial charge < -0.3 is 17.7 Å². The van der Waals surface area contributed by atoms with Gasteiger partial charge in [-0.05, 0) is 37.4 Å². The summed E-state index contributed by atoms with van der Waals surface area (Å²) < 4.78 is 24.5. The van der Waals surface area contributed by atoms with Crippen LogP contribution in [0.25, 0.3) is 0 Å². The first-order valence-electron chi connectivity index (χ1n) is 11.8. The summed E-state index contributed by atoms with van der Waals surface area (Å²) in [5.41, 5.74) is 1.28. The molecule has 174 valence electrons. The fraction of sp³-hybridized carbons (Fsp3) is 0.955. The zero-order valence-corrected chi connectivity index (χ0v) is 22.8. The third-order valence-corrected chi connectivity index (χ3v) is 16.2. The van der Waals surface area contributed by atoms with Crippen molar-refractivity contribution in [2.24, 2.45) is 5.92 Å². The van der Waals surface area contributed by atoms with Gasteiger partial charge in [0.05, 0.1) is 5.92 Å². The summed E-state index contributed by atoms with van der Waals surface area (Å²) >= 11 is 0. The van der Waals surface area contributed by atoms with Crippen molar-refractivity contribution >= 4 is 23.1 Å². The lowest BCUT2D eigenvalue weighted by molar-refractivity contribution is -0.139. The Balaban J connectivity index is 5.77. The van der Waals surface area contributed by atoms with Gasteiger partial charge >= 0.3 is 8.80 Å². The Kier molecular flexibility index (Phi) is 13.9. The van der Waals surface area contributed by atoms with Gasteiger partial charge in [-0.2, -0.15) is 0 Å². The van der Waals surface area contributed by atoms with Crippen molar-refractivity contribution in [3.05, 3.63) is 0 Å². The molecule has 0 aliphatic rings. The van der Waals surface area contributed by atoms with Crippen LogP contribution >= 0.6 is 0 Å². The summed E-state index contributed by atoms with van der Waals surface area (Å²) in [7, 11) is -5.21. The molecule has 0 saturated heterocycles. The molecule has 0 aliphatic heterocycles. The molecule has 7 heteroatoms. The summed E-state index contributed by atoms with van der Waals surface area (Å²) in [6, 6.07) is 0.466. The van der Waals surface area contributed by atoms with E-state index in [9.17, 15) is 4.79 Å². The second-order valence-corrected chi connectivity index (χ2v) is 15.8. The first-order valence-corrected chi connectivity index (χ1v) is 15.9. The molecule has 0 aromatic carbocycles. The van der Waals surface area contributed by atoms with Crippen molar-refractivity contribution < 1.29 is 22.5 Å². The highest BCUT2D eigenvalue weighted by Gasteiger charge is 2.52. The molecule has 0 amide bonds. The average molecular weight is 449 g/mol. The maximum Gasteiger partial charge on any atom is 0.501 e. The third kappa shape index (κ3) is 7.45. The van der Waals surface area contributed by atoms with Crippen molar-refractivity contribution in [3.8, 4) is 0 Å². The molecule has 0 spiro atoms. The van der Waals surface area contributed by atoms with Gasteiger partial charge in [-0.25, -0.2) is 0 Å². The molecule has 0 aliphatic carbocycles. The molecule has 0 bridgehead atoms. The Morgan fingerprint density at radius 2 is 1.03 bits per heavy atom. The zero-order chi connectivity index (χ0) is 22.7. The van der Waals surface area contributed by atoms with Crippen LogP contribution in [-0.2, 0) is 22.5 Å². The molecular formula is C22H48O5Si2. The van der Waals surface area contributed by atoms with Gasteiger partial charge in [0.25, 0.3) is 14.3 Å². The Morgan fingerprint density at radius 1 is 0.690 bits per heavy atom. The first-order chi connectivity index (χ1) is 13.6. The van der Waals surface area contributed by atoms with E-state index in [1.807, 2.05) is 27.7 Å². The number of carbonyl (C=O) groups excluding carboxylic acids is 1. The van der Waals surface area contributed by atoms with Crippen molar-refractivity contribution in [2.75, 3.05) is 19.8 Å². The van der Waals surface area contributed by atoms with E-state index in [0.29, 0.717) is 42.5 Å². The quantitative estimate of drug-likeness (QED) is 0.250. The number of carbonyl (C=O) groups is 1. The molecule has 0 rings (SSSR count). The molecule has 0 saturated carbocycles. The Labute approximate surface area is 182 Å². The van der Waals surface area contributed by atoms with Crippen LogP contribution in [0, 0.1) is 5.92 Å². The lowest BCUT2D eigenvalue weighted by Crippen LogP contribution is -2.53. The number of rotatable bonds is 16. The summed E-state index contributed by atoms with van der Waals surface area (Å²) in [5, 5.41) is 0. The van der Waals surface area contributed by atoms with Gasteiger partial charge in [0, 0.05) is 25.9 Å². The van der Waals surface area contributed by atoms with Crippen molar-refractivity contribution in [1.29, 1.82) is 0 Å². The lowest BCUT2D eigenvalue weighted by Gasteiger charge is -2.45. The minimum absolute atomic E-state index is 0.103. The fourth-order valence-electron chi connectivity index (χ4n) is 4.41. The maximum atomic E-state index is 13.4. The van der Waals surface area contributed by atoms with E-state index in [1.165, 1.54) is 0 Å². The van der Waals surface area contributed by atoms with Crippen LogP contribution in [0.3, 0.4) is 0 Å². The summed E-state index contributed by atoms with van der Waals surface area (Å²) in [5.74, 6) is -0.413. The van der Waals surface area contributed by atoms with Crippen LogP contribution in [0.5, 0.6) is 0 Å². The molecule has 0 aromatic rings. The van der Waals surface area contributed by atoms with Crippen LogP contribution in [-0.4, -0.2) is 42.9 Å². The summed E-state index contributed by atoms with van der Waals surface area (Å²) in [6.07, 6.45) is 3.12. The van der Waals surface area contributed by atoms with Crippen LogP contribution in [0.2, 0.25) is 22.7 Å². The highest BCUT2D eigenvalue weighted by Crippen LogP contribution is 2.47. The standard InChI is InChI=1S/C22H48O5Si2/c1-11-19(8)29(20(9)12-2,21(10)13-3)27-22(23)18(7)17-28(24-14-4,25-15-5)26-16-6/h18-21H,11-17H2,1-10H3. The topological polar surface area (TPSA) is 54.0 Å². The third-order valence-electron chi connectivity index (χ3n) is 6.48. The predicted molar refractivity (Wildman–Crippen MR) is 126 cm³/mol. The van der Waals surface area contributed by atoms with Crippen LogP contribution in [0.4, 0.5) is 0 Å². The molecule has 5 nitrogen and oxygen atoms in total. The molecule has 0 N–H and O–H groups in total. The highest BCUT2D eigenvalue weighted by molar-refractivity contribution is 6.79. The van der Waals surface area contributed by atoms with Gasteiger partial charge in [-0.1, -0.05) is 67.7 Å². The lowest BCUT2D eigenvalue weighted by atomic mass is 10.2. The second-order valence-electron chi connectivity index (χ2n) is 8.29. The minimum Gasteiger partial charge on any atom is -0.518 e. The average Bonchev–Trinajstić information content (AvgIpc) is 2.70. The van der Waals surface area contributed by atoms with E-state index in [2.05, 4.69) is 41.5 Å². The highest BCUT2D eigenvalue weighted by atomic mass is 28.4. The van der Waals surface area contributed by atoms with Gasteiger partial charge in [-0.15, -0.1) is 0 Å². The van der Waals surface area contributed by atoms with Gasteiger partial charge in [0.15, 0.2) is 0 Å². The van der Waals surface area contributed by atoms with Crippen molar-refractivity contribution in [2.45, 2.75) is 111 Å². The van der Waals surface area contributed by atoms with Crippen molar-refractivity contribution in [3.63, 3.8) is 0 Å². The maximum absolute atomic E-state index is 13.4. The smallest absolute Gasteiger partial charge is 0.501 e. The molecule has 4 atom stereocenters. The number of hydrogen-bond acceptors (Lipinski definition) is 5.